The van der Waals surface area contributed by atoms with Gasteiger partial charge in [0.2, 0.25) is 5.91 Å². The average molecular weight is 467 g/mol. The van der Waals surface area contributed by atoms with Gasteiger partial charge in [0.05, 0.1) is 12.0 Å². The van der Waals surface area contributed by atoms with Gasteiger partial charge in [0, 0.05) is 43.4 Å². The van der Waals surface area contributed by atoms with Gasteiger partial charge in [-0.15, -0.1) is 0 Å². The Bertz CT molecular complexity index is 1370. The molecule has 0 radical (unpaired) electrons. The number of rotatable bonds is 4. The molecule has 4 aromatic rings. The van der Waals surface area contributed by atoms with Crippen molar-refractivity contribution < 1.29 is 14.0 Å². The molecule has 0 spiro atoms. The zero-order valence-electron chi connectivity index (χ0n) is 19.3. The molecule has 0 fully saturated rings. The zero-order chi connectivity index (χ0) is 23.8. The van der Waals surface area contributed by atoms with Crippen molar-refractivity contribution >= 4 is 17.5 Å². The second-order valence-electron chi connectivity index (χ2n) is 9.16. The molecule has 0 saturated heterocycles. The molecule has 4 heterocycles. The van der Waals surface area contributed by atoms with Crippen molar-refractivity contribution in [2.75, 3.05) is 5.32 Å². The molecule has 2 aromatic heterocycles. The highest BCUT2D eigenvalue weighted by molar-refractivity contribution is 6.00. The van der Waals surface area contributed by atoms with E-state index < -0.39 is 6.04 Å². The molecule has 2 aromatic carbocycles. The summed E-state index contributed by atoms with van der Waals surface area (Å²) in [5, 5.41) is 3.05. The summed E-state index contributed by atoms with van der Waals surface area (Å²) in [6, 6.07) is 18.3. The number of hydrogen-bond donors (Lipinski definition) is 1. The van der Waals surface area contributed by atoms with Crippen LogP contribution in [0.25, 0.3) is 11.3 Å². The van der Waals surface area contributed by atoms with Crippen LogP contribution in [-0.2, 0) is 30.7 Å². The summed E-state index contributed by atoms with van der Waals surface area (Å²) < 4.78 is 7.57. The van der Waals surface area contributed by atoms with Gasteiger partial charge in [-0.25, -0.2) is 4.98 Å². The highest BCUT2D eigenvalue weighted by atomic mass is 16.3. The fourth-order valence-corrected chi connectivity index (χ4v) is 5.05. The third kappa shape index (κ3) is 4.14. The number of hydrogen-bond acceptors (Lipinski definition) is 4. The van der Waals surface area contributed by atoms with E-state index in [2.05, 4.69) is 16.1 Å². The van der Waals surface area contributed by atoms with Gasteiger partial charge in [-0.3, -0.25) is 9.59 Å². The Labute approximate surface area is 203 Å². The van der Waals surface area contributed by atoms with Crippen molar-refractivity contribution in [1.29, 1.82) is 0 Å². The number of carbonyl (C=O) groups is 2. The van der Waals surface area contributed by atoms with E-state index in [1.165, 1.54) is 19.1 Å². The third-order valence-electron chi connectivity index (χ3n) is 6.88. The standard InChI is InChI=1S/C28H26N4O3/c33-27(29-22-10-5-9-20(15-22)23-18-31-13-4-3-12-26(31)30-23)24-16-19-7-1-2-8-21(19)17-32(24)28(34)25-11-6-14-35-25/h1-2,5-11,14-15,18,24H,3-4,12-13,16-17H2,(H,29,33). The van der Waals surface area contributed by atoms with E-state index in [0.717, 1.165) is 41.2 Å². The second kappa shape index (κ2) is 8.91. The van der Waals surface area contributed by atoms with Gasteiger partial charge < -0.3 is 19.2 Å². The molecule has 2 aliphatic heterocycles. The molecule has 2 amide bonds. The number of benzene rings is 2. The number of fused-ring (bicyclic) bond motifs is 2. The molecular weight excluding hydrogens is 440 g/mol. The monoisotopic (exact) mass is 466 g/mol. The minimum atomic E-state index is -0.647. The number of carbonyl (C=O) groups excluding carboxylic acids is 2. The maximum Gasteiger partial charge on any atom is 0.290 e. The van der Waals surface area contributed by atoms with E-state index >= 15 is 0 Å². The van der Waals surface area contributed by atoms with Crippen molar-refractivity contribution in [2.45, 2.75) is 44.8 Å². The lowest BCUT2D eigenvalue weighted by Crippen LogP contribution is -2.50. The van der Waals surface area contributed by atoms with Crippen molar-refractivity contribution in [3.63, 3.8) is 0 Å². The topological polar surface area (TPSA) is 80.4 Å². The Balaban J connectivity index is 1.26. The number of anilines is 1. The van der Waals surface area contributed by atoms with E-state index in [1.54, 1.807) is 17.0 Å². The van der Waals surface area contributed by atoms with E-state index in [-0.39, 0.29) is 17.6 Å². The Hall–Kier alpha value is -4.13. The molecule has 0 saturated carbocycles. The SMILES string of the molecule is O=C(Nc1cccc(-c2cn3c(n2)CCCC3)c1)C1Cc2ccccc2CN1C(=O)c1ccco1. The van der Waals surface area contributed by atoms with Crippen molar-refractivity contribution in [3.8, 4) is 11.3 Å². The summed E-state index contributed by atoms with van der Waals surface area (Å²) in [7, 11) is 0. The fourth-order valence-electron chi connectivity index (χ4n) is 5.05. The first-order valence-electron chi connectivity index (χ1n) is 12.0. The smallest absolute Gasteiger partial charge is 0.290 e. The normalized spacial score (nSPS) is 16.9. The van der Waals surface area contributed by atoms with Crippen LogP contribution in [-0.4, -0.2) is 32.3 Å². The Morgan fingerprint density at radius 3 is 2.71 bits per heavy atom. The van der Waals surface area contributed by atoms with Gasteiger partial charge in [0.25, 0.3) is 5.91 Å². The quantitative estimate of drug-likeness (QED) is 0.473. The number of amides is 2. The molecule has 6 rings (SSSR count). The maximum atomic E-state index is 13.5. The Morgan fingerprint density at radius 2 is 1.89 bits per heavy atom. The molecular formula is C28H26N4O3. The number of furan rings is 1. The Morgan fingerprint density at radius 1 is 1.00 bits per heavy atom. The van der Waals surface area contributed by atoms with Crippen LogP contribution in [0.1, 0.15) is 40.3 Å². The lowest BCUT2D eigenvalue weighted by Gasteiger charge is -2.35. The zero-order valence-corrected chi connectivity index (χ0v) is 19.3. The van der Waals surface area contributed by atoms with Crippen LogP contribution in [0.4, 0.5) is 5.69 Å². The summed E-state index contributed by atoms with van der Waals surface area (Å²) in [5.74, 6) is 0.837. The number of aryl methyl sites for hydroxylation is 2. The van der Waals surface area contributed by atoms with Crippen molar-refractivity contribution in [2.24, 2.45) is 0 Å². The van der Waals surface area contributed by atoms with Crippen molar-refractivity contribution in [3.05, 3.63) is 95.8 Å². The van der Waals surface area contributed by atoms with Gasteiger partial charge in [0.15, 0.2) is 5.76 Å². The molecule has 1 atom stereocenters. The van der Waals surface area contributed by atoms with Gasteiger partial charge >= 0.3 is 0 Å². The minimum Gasteiger partial charge on any atom is -0.459 e. The first kappa shape index (κ1) is 21.4. The van der Waals surface area contributed by atoms with Gasteiger partial charge in [-0.2, -0.15) is 0 Å². The summed E-state index contributed by atoms with van der Waals surface area (Å²) >= 11 is 0. The minimum absolute atomic E-state index is 0.222. The summed E-state index contributed by atoms with van der Waals surface area (Å²) in [5.41, 5.74) is 4.68. The second-order valence-corrected chi connectivity index (χ2v) is 9.16. The molecule has 0 aliphatic carbocycles. The van der Waals surface area contributed by atoms with E-state index in [0.29, 0.717) is 18.7 Å². The maximum absolute atomic E-state index is 13.5. The van der Waals surface area contributed by atoms with Crippen LogP contribution in [0.15, 0.2) is 77.5 Å². The predicted octanol–water partition coefficient (Wildman–Crippen LogP) is 4.69. The lowest BCUT2D eigenvalue weighted by molar-refractivity contribution is -0.121. The number of imidazole rings is 1. The van der Waals surface area contributed by atoms with E-state index in [4.69, 9.17) is 9.40 Å². The van der Waals surface area contributed by atoms with Gasteiger partial charge in [-0.1, -0.05) is 36.4 Å². The third-order valence-corrected chi connectivity index (χ3v) is 6.88. The van der Waals surface area contributed by atoms with Crippen LogP contribution >= 0.6 is 0 Å². The molecule has 35 heavy (non-hydrogen) atoms. The highest BCUT2D eigenvalue weighted by Gasteiger charge is 2.36. The van der Waals surface area contributed by atoms with Gasteiger partial charge in [-0.05, 0) is 48.2 Å². The van der Waals surface area contributed by atoms with Gasteiger partial charge in [0.1, 0.15) is 11.9 Å². The summed E-state index contributed by atoms with van der Waals surface area (Å²) in [6.45, 7) is 1.36. The molecule has 7 heteroatoms. The molecule has 1 unspecified atom stereocenters. The van der Waals surface area contributed by atoms with Crippen LogP contribution < -0.4 is 5.32 Å². The summed E-state index contributed by atoms with van der Waals surface area (Å²) in [6.07, 6.45) is 7.36. The average Bonchev–Trinajstić information content (AvgIpc) is 3.58. The number of nitrogens with one attached hydrogen (secondary N) is 1. The number of nitrogens with zero attached hydrogens (tertiary/aromatic N) is 3. The number of aromatic nitrogens is 2. The van der Waals surface area contributed by atoms with Crippen LogP contribution in [0.3, 0.4) is 0 Å². The first-order valence-corrected chi connectivity index (χ1v) is 12.0. The van der Waals surface area contributed by atoms with Crippen LogP contribution in [0.2, 0.25) is 0 Å². The van der Waals surface area contributed by atoms with Crippen LogP contribution in [0, 0.1) is 0 Å². The molecule has 1 N–H and O–H groups in total. The van der Waals surface area contributed by atoms with Crippen molar-refractivity contribution in [1.82, 2.24) is 14.5 Å². The van der Waals surface area contributed by atoms with E-state index in [1.807, 2.05) is 48.5 Å². The summed E-state index contributed by atoms with van der Waals surface area (Å²) in [4.78, 5) is 33.1. The molecule has 0 bridgehead atoms. The molecule has 7 nitrogen and oxygen atoms in total. The molecule has 2 aliphatic rings. The van der Waals surface area contributed by atoms with Crippen LogP contribution in [0.5, 0.6) is 0 Å². The Kier molecular flexibility index (Phi) is 5.45. The fraction of sp³-hybridized carbons (Fsp3) is 0.250. The highest BCUT2D eigenvalue weighted by Crippen LogP contribution is 2.28. The van der Waals surface area contributed by atoms with E-state index in [9.17, 15) is 9.59 Å². The largest absolute Gasteiger partial charge is 0.459 e. The first-order chi connectivity index (χ1) is 17.2. The lowest BCUT2D eigenvalue weighted by atomic mass is 9.93. The predicted molar refractivity (Wildman–Crippen MR) is 132 cm³/mol. The molecule has 176 valence electrons.